The van der Waals surface area contributed by atoms with E-state index in [0.717, 1.165) is 17.5 Å². The van der Waals surface area contributed by atoms with Gasteiger partial charge in [-0.3, -0.25) is 9.78 Å². The molecule has 1 aromatic carbocycles. The van der Waals surface area contributed by atoms with Crippen LogP contribution in [0.3, 0.4) is 0 Å². The molecule has 1 amide bonds. The van der Waals surface area contributed by atoms with Gasteiger partial charge < -0.3 is 10.0 Å². The fourth-order valence-electron chi connectivity index (χ4n) is 3.18. The lowest BCUT2D eigenvalue weighted by molar-refractivity contribution is -0.130. The van der Waals surface area contributed by atoms with Crippen LogP contribution in [0.5, 0.6) is 0 Å². The van der Waals surface area contributed by atoms with E-state index in [4.69, 9.17) is 0 Å². The second kappa shape index (κ2) is 7.53. The van der Waals surface area contributed by atoms with Crippen molar-refractivity contribution in [2.75, 3.05) is 13.1 Å². The molecule has 0 radical (unpaired) electrons. The number of aryl methyl sites for hydroxylation is 1. The van der Waals surface area contributed by atoms with Crippen LogP contribution >= 0.6 is 0 Å². The number of likely N-dealkylation sites (tertiary alicyclic amines) is 1. The molecule has 1 aromatic heterocycles. The van der Waals surface area contributed by atoms with Gasteiger partial charge in [0.25, 0.3) is 0 Å². The SMILES string of the molecule is O=C(CCc1cccc(F)c1)N1C[C@@H](Cc2ccncc2)[C@H](O)C1. The fraction of sp³-hybridized carbons (Fsp3) is 0.368. The van der Waals surface area contributed by atoms with E-state index in [2.05, 4.69) is 4.98 Å². The van der Waals surface area contributed by atoms with Crippen molar-refractivity contribution in [1.29, 1.82) is 0 Å². The van der Waals surface area contributed by atoms with Crippen molar-refractivity contribution in [2.24, 2.45) is 5.92 Å². The Morgan fingerprint density at radius 1 is 1.21 bits per heavy atom. The highest BCUT2D eigenvalue weighted by Crippen LogP contribution is 2.22. The summed E-state index contributed by atoms with van der Waals surface area (Å²) in [4.78, 5) is 18.1. The molecule has 0 spiro atoms. The van der Waals surface area contributed by atoms with Crippen LogP contribution in [0.2, 0.25) is 0 Å². The predicted molar refractivity (Wildman–Crippen MR) is 88.7 cm³/mol. The minimum absolute atomic E-state index is 0.00976. The van der Waals surface area contributed by atoms with Crippen LogP contribution in [-0.4, -0.2) is 40.1 Å². The fourth-order valence-corrected chi connectivity index (χ4v) is 3.18. The van der Waals surface area contributed by atoms with Gasteiger partial charge in [-0.25, -0.2) is 4.39 Å². The summed E-state index contributed by atoms with van der Waals surface area (Å²) < 4.78 is 13.2. The van der Waals surface area contributed by atoms with Crippen LogP contribution < -0.4 is 0 Å². The predicted octanol–water partition coefficient (Wildman–Crippen LogP) is 2.22. The van der Waals surface area contributed by atoms with E-state index in [9.17, 15) is 14.3 Å². The third-order valence-corrected chi connectivity index (χ3v) is 4.52. The Balaban J connectivity index is 1.53. The Hall–Kier alpha value is -2.27. The zero-order valence-corrected chi connectivity index (χ0v) is 13.4. The molecule has 1 saturated heterocycles. The molecule has 4 nitrogen and oxygen atoms in total. The number of aromatic nitrogens is 1. The molecule has 0 aliphatic carbocycles. The van der Waals surface area contributed by atoms with Crippen molar-refractivity contribution in [2.45, 2.75) is 25.4 Å². The van der Waals surface area contributed by atoms with E-state index in [0.29, 0.717) is 25.9 Å². The number of benzene rings is 1. The number of carbonyl (C=O) groups is 1. The number of nitrogens with zero attached hydrogens (tertiary/aromatic N) is 2. The van der Waals surface area contributed by atoms with Crippen LogP contribution in [-0.2, 0) is 17.6 Å². The molecule has 1 aliphatic rings. The zero-order chi connectivity index (χ0) is 16.9. The monoisotopic (exact) mass is 328 g/mol. The molecule has 3 rings (SSSR count). The quantitative estimate of drug-likeness (QED) is 0.916. The number of pyridine rings is 1. The molecule has 24 heavy (non-hydrogen) atoms. The number of carbonyl (C=O) groups excluding carboxylic acids is 1. The molecule has 2 aromatic rings. The van der Waals surface area contributed by atoms with Gasteiger partial charge in [-0.05, 0) is 48.2 Å². The summed E-state index contributed by atoms with van der Waals surface area (Å²) in [6.45, 7) is 0.934. The van der Waals surface area contributed by atoms with Gasteiger partial charge >= 0.3 is 0 Å². The molecule has 2 heterocycles. The van der Waals surface area contributed by atoms with Gasteiger partial charge in [0.1, 0.15) is 5.82 Å². The van der Waals surface area contributed by atoms with E-state index in [1.165, 1.54) is 12.1 Å². The van der Waals surface area contributed by atoms with E-state index >= 15 is 0 Å². The minimum Gasteiger partial charge on any atom is -0.391 e. The maximum absolute atomic E-state index is 13.2. The summed E-state index contributed by atoms with van der Waals surface area (Å²) in [7, 11) is 0. The number of amides is 1. The number of aliphatic hydroxyl groups is 1. The number of halogens is 1. The molecule has 2 atom stereocenters. The van der Waals surface area contributed by atoms with Crippen molar-refractivity contribution in [1.82, 2.24) is 9.88 Å². The average Bonchev–Trinajstić information content (AvgIpc) is 2.95. The smallest absolute Gasteiger partial charge is 0.223 e. The van der Waals surface area contributed by atoms with Gasteiger partial charge in [0, 0.05) is 37.8 Å². The maximum Gasteiger partial charge on any atom is 0.223 e. The number of hydrogen-bond acceptors (Lipinski definition) is 3. The first-order valence-electron chi connectivity index (χ1n) is 8.21. The van der Waals surface area contributed by atoms with Crippen molar-refractivity contribution in [3.63, 3.8) is 0 Å². The first kappa shape index (κ1) is 16.6. The van der Waals surface area contributed by atoms with Gasteiger partial charge in [0.15, 0.2) is 0 Å². The Morgan fingerprint density at radius 3 is 2.75 bits per heavy atom. The molecule has 1 N–H and O–H groups in total. The molecule has 0 bridgehead atoms. The number of hydrogen-bond donors (Lipinski definition) is 1. The molecular weight excluding hydrogens is 307 g/mol. The normalized spacial score (nSPS) is 20.3. The Labute approximate surface area is 141 Å². The van der Waals surface area contributed by atoms with Gasteiger partial charge in [-0.1, -0.05) is 12.1 Å². The maximum atomic E-state index is 13.2. The van der Waals surface area contributed by atoms with Gasteiger partial charge in [-0.2, -0.15) is 0 Å². The van der Waals surface area contributed by atoms with Crippen molar-refractivity contribution in [3.05, 3.63) is 65.7 Å². The third-order valence-electron chi connectivity index (χ3n) is 4.52. The van der Waals surface area contributed by atoms with Crippen LogP contribution in [0.25, 0.3) is 0 Å². The average molecular weight is 328 g/mol. The number of aliphatic hydroxyl groups excluding tert-OH is 1. The summed E-state index contributed by atoms with van der Waals surface area (Å²) in [6, 6.07) is 10.2. The first-order chi connectivity index (χ1) is 11.6. The summed E-state index contributed by atoms with van der Waals surface area (Å²) in [5.41, 5.74) is 1.93. The summed E-state index contributed by atoms with van der Waals surface area (Å²) >= 11 is 0. The zero-order valence-electron chi connectivity index (χ0n) is 13.4. The molecule has 126 valence electrons. The van der Waals surface area contributed by atoms with Crippen LogP contribution in [0.15, 0.2) is 48.8 Å². The van der Waals surface area contributed by atoms with Gasteiger partial charge in [-0.15, -0.1) is 0 Å². The lowest BCUT2D eigenvalue weighted by Gasteiger charge is -2.16. The summed E-state index contributed by atoms with van der Waals surface area (Å²) in [5.74, 6) is -0.227. The van der Waals surface area contributed by atoms with Crippen LogP contribution in [0, 0.1) is 11.7 Å². The Kier molecular flexibility index (Phi) is 5.20. The second-order valence-corrected chi connectivity index (χ2v) is 6.32. The molecule has 1 fully saturated rings. The molecule has 5 heteroatoms. The third kappa shape index (κ3) is 4.17. The van der Waals surface area contributed by atoms with E-state index < -0.39 is 6.10 Å². The topological polar surface area (TPSA) is 53.4 Å². The van der Waals surface area contributed by atoms with Gasteiger partial charge in [0.05, 0.1) is 6.10 Å². The lowest BCUT2D eigenvalue weighted by atomic mass is 9.97. The van der Waals surface area contributed by atoms with E-state index in [-0.39, 0.29) is 17.6 Å². The molecular formula is C19H21FN2O2. The van der Waals surface area contributed by atoms with Crippen LogP contribution in [0.1, 0.15) is 17.5 Å². The summed E-state index contributed by atoms with van der Waals surface area (Å²) in [6.07, 6.45) is 4.54. The second-order valence-electron chi connectivity index (χ2n) is 6.32. The van der Waals surface area contributed by atoms with Crippen molar-refractivity contribution >= 4 is 5.91 Å². The largest absolute Gasteiger partial charge is 0.391 e. The highest BCUT2D eigenvalue weighted by atomic mass is 19.1. The molecule has 0 unspecified atom stereocenters. The van der Waals surface area contributed by atoms with E-state index in [1.807, 2.05) is 18.2 Å². The Bertz CT molecular complexity index is 693. The first-order valence-corrected chi connectivity index (χ1v) is 8.21. The molecule has 0 saturated carbocycles. The highest BCUT2D eigenvalue weighted by molar-refractivity contribution is 5.76. The van der Waals surface area contributed by atoms with E-state index in [1.54, 1.807) is 23.4 Å². The van der Waals surface area contributed by atoms with Crippen molar-refractivity contribution in [3.8, 4) is 0 Å². The Morgan fingerprint density at radius 2 is 2.00 bits per heavy atom. The van der Waals surface area contributed by atoms with Crippen molar-refractivity contribution < 1.29 is 14.3 Å². The number of β-amino-alcohol motifs (C(OH)–C–C–N with tert-alkyl or cyclic N) is 1. The van der Waals surface area contributed by atoms with Crippen LogP contribution in [0.4, 0.5) is 4.39 Å². The molecule has 1 aliphatic heterocycles. The summed E-state index contributed by atoms with van der Waals surface area (Å²) in [5, 5.41) is 10.2. The minimum atomic E-state index is -0.503. The number of rotatable bonds is 5. The van der Waals surface area contributed by atoms with Gasteiger partial charge in [0.2, 0.25) is 5.91 Å². The highest BCUT2D eigenvalue weighted by Gasteiger charge is 2.33. The standard InChI is InChI=1S/C19H21FN2O2/c20-17-3-1-2-14(11-17)4-5-19(24)22-12-16(18(23)13-22)10-15-6-8-21-9-7-15/h1-3,6-9,11,16,18,23H,4-5,10,12-13H2/t16-,18-/m1/s1. The lowest BCUT2D eigenvalue weighted by Crippen LogP contribution is -2.29.